The maximum absolute atomic E-state index is 12.7. The third kappa shape index (κ3) is 5.77. The number of carboxylic acids is 2. The van der Waals surface area contributed by atoms with E-state index in [4.69, 9.17) is 17.3 Å². The zero-order valence-corrected chi connectivity index (χ0v) is 18.3. The van der Waals surface area contributed by atoms with Crippen LogP contribution in [0.25, 0.3) is 6.08 Å². The van der Waals surface area contributed by atoms with Crippen molar-refractivity contribution < 1.29 is 24.6 Å². The number of carboxylic acid groups (broad SMARTS) is 2. The average molecular weight is 434 g/mol. The number of rotatable bonds is 6. The minimum absolute atomic E-state index is 0.0391. The van der Waals surface area contributed by atoms with Crippen LogP contribution in [0.1, 0.15) is 45.2 Å². The van der Waals surface area contributed by atoms with Gasteiger partial charge in [-0.3, -0.25) is 14.5 Å². The number of aliphatic carboxylic acids is 2. The van der Waals surface area contributed by atoms with Crippen LogP contribution in [0.3, 0.4) is 0 Å². The molecule has 0 aliphatic carbocycles. The highest BCUT2D eigenvalue weighted by molar-refractivity contribution is 8.26. The van der Waals surface area contributed by atoms with Gasteiger partial charge in [-0.15, -0.1) is 0 Å². The molecule has 154 valence electrons. The Morgan fingerprint density at radius 2 is 1.79 bits per heavy atom. The highest BCUT2D eigenvalue weighted by atomic mass is 32.2. The SMILES string of the molecule is CC(=Cc1ccc(C(C)(C)C)cc1)C=C1SC(=S)N(C(CC(=O)O)C(=O)O)C1=O. The van der Waals surface area contributed by atoms with Crippen molar-refractivity contribution in [2.45, 2.75) is 45.6 Å². The minimum Gasteiger partial charge on any atom is -0.481 e. The summed E-state index contributed by atoms with van der Waals surface area (Å²) < 4.78 is 0.0391. The fourth-order valence-electron chi connectivity index (χ4n) is 2.79. The molecule has 1 heterocycles. The summed E-state index contributed by atoms with van der Waals surface area (Å²) in [5, 5.41) is 18.2. The van der Waals surface area contributed by atoms with Gasteiger partial charge in [0.25, 0.3) is 5.91 Å². The van der Waals surface area contributed by atoms with E-state index in [1.165, 1.54) is 5.56 Å². The van der Waals surface area contributed by atoms with E-state index in [0.29, 0.717) is 0 Å². The van der Waals surface area contributed by atoms with Crippen LogP contribution in [0, 0.1) is 0 Å². The fraction of sp³-hybridized carbons (Fsp3) is 0.333. The monoisotopic (exact) mass is 433 g/mol. The molecule has 0 bridgehead atoms. The molecule has 1 atom stereocenters. The second kappa shape index (κ2) is 8.92. The first-order chi connectivity index (χ1) is 13.4. The van der Waals surface area contributed by atoms with Crippen LogP contribution < -0.4 is 0 Å². The maximum atomic E-state index is 12.7. The van der Waals surface area contributed by atoms with E-state index in [1.807, 2.05) is 25.1 Å². The van der Waals surface area contributed by atoms with Gasteiger partial charge in [-0.1, -0.05) is 75.1 Å². The Morgan fingerprint density at radius 3 is 2.28 bits per heavy atom. The lowest BCUT2D eigenvalue weighted by atomic mass is 9.86. The maximum Gasteiger partial charge on any atom is 0.327 e. The number of nitrogens with zero attached hydrogens (tertiary/aromatic N) is 1. The lowest BCUT2D eigenvalue weighted by molar-refractivity contribution is -0.150. The van der Waals surface area contributed by atoms with Crippen LogP contribution in [0.5, 0.6) is 0 Å². The van der Waals surface area contributed by atoms with Gasteiger partial charge in [-0.25, -0.2) is 4.79 Å². The summed E-state index contributed by atoms with van der Waals surface area (Å²) in [5.41, 5.74) is 3.03. The quantitative estimate of drug-likeness (QED) is 0.516. The number of hydrogen-bond donors (Lipinski definition) is 2. The van der Waals surface area contributed by atoms with E-state index in [2.05, 4.69) is 32.9 Å². The van der Waals surface area contributed by atoms with Crippen LogP contribution in [-0.2, 0) is 19.8 Å². The number of hydrogen-bond acceptors (Lipinski definition) is 5. The van der Waals surface area contributed by atoms with E-state index in [1.54, 1.807) is 6.08 Å². The lowest BCUT2D eigenvalue weighted by Gasteiger charge is -2.21. The number of benzene rings is 1. The molecule has 1 unspecified atom stereocenters. The minimum atomic E-state index is -1.53. The zero-order valence-electron chi connectivity index (χ0n) is 16.6. The number of thioether (sulfide) groups is 1. The van der Waals surface area contributed by atoms with Gasteiger partial charge in [0.15, 0.2) is 0 Å². The summed E-state index contributed by atoms with van der Waals surface area (Å²) in [5.74, 6) is -3.31. The van der Waals surface area contributed by atoms with Gasteiger partial charge in [-0.05, 0) is 35.1 Å². The Hall–Kier alpha value is -2.45. The molecule has 0 spiro atoms. The predicted octanol–water partition coefficient (Wildman–Crippen LogP) is 4.06. The summed E-state index contributed by atoms with van der Waals surface area (Å²) in [7, 11) is 0. The van der Waals surface area contributed by atoms with Gasteiger partial charge in [0.1, 0.15) is 10.4 Å². The fourth-order valence-corrected chi connectivity index (χ4v) is 4.20. The number of carbonyl (C=O) groups excluding carboxylic acids is 1. The topological polar surface area (TPSA) is 94.9 Å². The molecule has 0 aromatic heterocycles. The normalized spacial score (nSPS) is 17.7. The van der Waals surface area contributed by atoms with Gasteiger partial charge < -0.3 is 10.2 Å². The van der Waals surface area contributed by atoms with Crippen LogP contribution >= 0.6 is 24.0 Å². The second-order valence-corrected chi connectivity index (χ2v) is 9.44. The summed E-state index contributed by atoms with van der Waals surface area (Å²) in [6, 6.07) is 6.58. The number of thiocarbonyl (C=S) groups is 1. The molecule has 2 rings (SSSR count). The molecule has 1 aliphatic heterocycles. The second-order valence-electron chi connectivity index (χ2n) is 7.76. The Balaban J connectivity index is 2.24. The lowest BCUT2D eigenvalue weighted by Crippen LogP contribution is -2.45. The van der Waals surface area contributed by atoms with Crippen LogP contribution in [0.4, 0.5) is 0 Å². The smallest absolute Gasteiger partial charge is 0.327 e. The summed E-state index contributed by atoms with van der Waals surface area (Å²) in [6.07, 6.45) is 2.82. The first kappa shape index (κ1) is 22.8. The molecule has 1 aromatic carbocycles. The van der Waals surface area contributed by atoms with E-state index >= 15 is 0 Å². The van der Waals surface area contributed by atoms with Crippen LogP contribution in [-0.4, -0.2) is 43.3 Å². The third-order valence-corrected chi connectivity index (χ3v) is 5.65. The number of amides is 1. The summed E-state index contributed by atoms with van der Waals surface area (Å²) in [4.78, 5) is 36.2. The molecule has 2 N–H and O–H groups in total. The standard InChI is InChI=1S/C21H23NO5S2/c1-12(9-13-5-7-14(8-6-13)21(2,3)4)10-16-18(25)22(20(28)29-16)15(19(26)27)11-17(23)24/h5-10,15H,11H2,1-4H3,(H,23,24)(H,26,27). The molecule has 29 heavy (non-hydrogen) atoms. The predicted molar refractivity (Wildman–Crippen MR) is 118 cm³/mol. The Kier molecular flexibility index (Phi) is 7.02. The molecule has 0 radical (unpaired) electrons. The van der Waals surface area contributed by atoms with Crippen molar-refractivity contribution in [2.75, 3.05) is 0 Å². The largest absolute Gasteiger partial charge is 0.481 e. The average Bonchev–Trinajstić information content (AvgIpc) is 2.85. The molecule has 6 nitrogen and oxygen atoms in total. The summed E-state index contributed by atoms with van der Waals surface area (Å²) in [6.45, 7) is 8.25. The molecular weight excluding hydrogens is 410 g/mol. The van der Waals surface area contributed by atoms with Crippen LogP contribution in [0.2, 0.25) is 0 Å². The van der Waals surface area contributed by atoms with Gasteiger partial charge in [0, 0.05) is 0 Å². The molecular formula is C21H23NO5S2. The molecule has 1 aliphatic rings. The van der Waals surface area contributed by atoms with Crippen molar-refractivity contribution in [3.05, 3.63) is 51.9 Å². The van der Waals surface area contributed by atoms with Gasteiger partial charge in [0.2, 0.25) is 0 Å². The highest BCUT2D eigenvalue weighted by Crippen LogP contribution is 2.34. The van der Waals surface area contributed by atoms with Gasteiger partial charge in [0.05, 0.1) is 11.3 Å². The van der Waals surface area contributed by atoms with Crippen molar-refractivity contribution in [1.29, 1.82) is 0 Å². The van der Waals surface area contributed by atoms with Crippen molar-refractivity contribution >= 4 is 52.2 Å². The van der Waals surface area contributed by atoms with Crippen molar-refractivity contribution in [1.82, 2.24) is 4.90 Å². The van der Waals surface area contributed by atoms with Gasteiger partial charge >= 0.3 is 11.9 Å². The third-order valence-electron chi connectivity index (χ3n) is 4.32. The van der Waals surface area contributed by atoms with Crippen molar-refractivity contribution in [3.63, 3.8) is 0 Å². The molecule has 1 amide bonds. The van der Waals surface area contributed by atoms with E-state index in [0.717, 1.165) is 27.8 Å². The zero-order chi connectivity index (χ0) is 21.9. The highest BCUT2D eigenvalue weighted by Gasteiger charge is 2.41. The first-order valence-corrected chi connectivity index (χ1v) is 10.1. The summed E-state index contributed by atoms with van der Waals surface area (Å²) >= 11 is 6.10. The van der Waals surface area contributed by atoms with Crippen molar-refractivity contribution in [2.24, 2.45) is 0 Å². The Bertz CT molecular complexity index is 910. The van der Waals surface area contributed by atoms with Gasteiger partial charge in [-0.2, -0.15) is 0 Å². The molecule has 1 aromatic rings. The van der Waals surface area contributed by atoms with E-state index < -0.39 is 30.3 Å². The van der Waals surface area contributed by atoms with Crippen LogP contribution in [0.15, 0.2) is 40.8 Å². The molecule has 0 saturated carbocycles. The van der Waals surface area contributed by atoms with E-state index in [-0.39, 0.29) is 14.6 Å². The molecule has 1 saturated heterocycles. The Labute approximate surface area is 179 Å². The molecule has 1 fully saturated rings. The number of carbonyl (C=O) groups is 3. The Morgan fingerprint density at radius 1 is 1.21 bits per heavy atom. The first-order valence-electron chi connectivity index (χ1n) is 8.90. The van der Waals surface area contributed by atoms with E-state index in [9.17, 15) is 19.5 Å². The number of allylic oxidation sites excluding steroid dienone is 2. The molecule has 8 heteroatoms. The van der Waals surface area contributed by atoms with Crippen molar-refractivity contribution in [3.8, 4) is 0 Å².